The van der Waals surface area contributed by atoms with Gasteiger partial charge in [-0.05, 0) is 13.8 Å². The predicted molar refractivity (Wildman–Crippen MR) is 81.9 cm³/mol. The van der Waals surface area contributed by atoms with Crippen molar-refractivity contribution in [3.05, 3.63) is 24.3 Å². The fraction of sp³-hybridized carbons (Fsp3) is 0.375. The summed E-state index contributed by atoms with van der Waals surface area (Å²) < 4.78 is 4.63. The van der Waals surface area contributed by atoms with Gasteiger partial charge in [0.2, 0.25) is 0 Å². The van der Waals surface area contributed by atoms with Crippen molar-refractivity contribution in [2.45, 2.75) is 13.8 Å². The predicted octanol–water partition coefficient (Wildman–Crippen LogP) is 3.99. The molecular formula is C8H16Br4O2. The zero-order chi connectivity index (χ0) is 7.82. The van der Waals surface area contributed by atoms with Gasteiger partial charge in [0, 0.05) is 6.08 Å². The first kappa shape index (κ1) is 29.4. The highest BCUT2D eigenvalue weighted by Gasteiger charge is 1.89. The average Bonchev–Trinajstić information content (AvgIpc) is 1.89. The van der Waals surface area contributed by atoms with E-state index in [2.05, 4.69) is 4.74 Å². The van der Waals surface area contributed by atoms with Gasteiger partial charge in [0.15, 0.2) is 0 Å². The molecule has 0 aromatic carbocycles. The topological polar surface area (TPSA) is 26.3 Å². The number of ether oxygens (including phenoxy) is 1. The fourth-order valence-electron chi connectivity index (χ4n) is 0.436. The van der Waals surface area contributed by atoms with Gasteiger partial charge in [-0.2, -0.15) is 0 Å². The third kappa shape index (κ3) is 23.0. The second kappa shape index (κ2) is 23.6. The molecule has 0 heterocycles. The molecule has 14 heavy (non-hydrogen) atoms. The molecular weight excluding hydrogens is 448 g/mol. The molecule has 0 spiro atoms. The van der Waals surface area contributed by atoms with Gasteiger partial charge in [0.1, 0.15) is 0 Å². The van der Waals surface area contributed by atoms with Crippen LogP contribution in [-0.2, 0) is 9.53 Å². The molecule has 0 rings (SSSR count). The van der Waals surface area contributed by atoms with E-state index in [-0.39, 0.29) is 73.9 Å². The largest absolute Gasteiger partial charge is 0.463 e. The van der Waals surface area contributed by atoms with Crippen LogP contribution in [0.4, 0.5) is 0 Å². The number of carbonyl (C=O) groups excluding carboxylic acids is 1. The van der Waals surface area contributed by atoms with E-state index in [1.54, 1.807) is 19.1 Å². The van der Waals surface area contributed by atoms with Gasteiger partial charge in [-0.1, -0.05) is 18.2 Å². The summed E-state index contributed by atoms with van der Waals surface area (Å²) in [5.41, 5.74) is 0. The van der Waals surface area contributed by atoms with E-state index in [4.69, 9.17) is 0 Å². The van der Waals surface area contributed by atoms with Crippen LogP contribution >= 0.6 is 67.9 Å². The lowest BCUT2D eigenvalue weighted by Crippen LogP contribution is -1.98. The highest BCUT2D eigenvalue weighted by atomic mass is 79.9. The molecule has 6 heteroatoms. The molecule has 0 aromatic rings. The van der Waals surface area contributed by atoms with Crippen LogP contribution in [0.25, 0.3) is 0 Å². The molecule has 0 saturated heterocycles. The lowest BCUT2D eigenvalue weighted by atomic mass is 10.4. The van der Waals surface area contributed by atoms with Crippen molar-refractivity contribution in [1.82, 2.24) is 0 Å². The van der Waals surface area contributed by atoms with Gasteiger partial charge in [-0.3, -0.25) is 0 Å². The Balaban J connectivity index is -0.0000000675. The van der Waals surface area contributed by atoms with Gasteiger partial charge in [0.05, 0.1) is 6.61 Å². The van der Waals surface area contributed by atoms with Crippen LogP contribution in [0.1, 0.15) is 13.8 Å². The maximum Gasteiger partial charge on any atom is 0.330 e. The molecule has 0 unspecified atom stereocenters. The van der Waals surface area contributed by atoms with Crippen LogP contribution in [-0.4, -0.2) is 12.6 Å². The van der Waals surface area contributed by atoms with Crippen LogP contribution in [0.3, 0.4) is 0 Å². The van der Waals surface area contributed by atoms with Crippen LogP contribution in [0, 0.1) is 0 Å². The highest BCUT2D eigenvalue weighted by molar-refractivity contribution is 8.93. The summed E-state index contributed by atoms with van der Waals surface area (Å²) in [6, 6.07) is 0. The number of allylic oxidation sites excluding steroid dienone is 3. The van der Waals surface area contributed by atoms with Crippen LogP contribution in [0.5, 0.6) is 0 Å². The van der Waals surface area contributed by atoms with Gasteiger partial charge >= 0.3 is 5.97 Å². The van der Waals surface area contributed by atoms with Crippen molar-refractivity contribution >= 4 is 73.9 Å². The molecule has 0 aliphatic heterocycles. The van der Waals surface area contributed by atoms with Crippen molar-refractivity contribution in [3.8, 4) is 0 Å². The molecule has 0 fully saturated rings. The first-order valence-corrected chi connectivity index (χ1v) is 3.27. The van der Waals surface area contributed by atoms with Crippen molar-refractivity contribution in [1.29, 1.82) is 0 Å². The number of carbonyl (C=O) groups is 1. The molecule has 0 aliphatic rings. The third-order valence-corrected chi connectivity index (χ3v) is 0.822. The standard InChI is InChI=1S/C8H12O2.4BrH/c1-3-5-6-7-8(9)10-4-2;;;;/h3,5-7H,4H2,1-2H3;4*1H/b5-3+,7-6+;;;;. The van der Waals surface area contributed by atoms with Crippen LogP contribution < -0.4 is 0 Å². The second-order valence-corrected chi connectivity index (χ2v) is 1.64. The zero-order valence-electron chi connectivity index (χ0n) is 7.97. The summed E-state index contributed by atoms with van der Waals surface area (Å²) in [4.78, 5) is 10.6. The van der Waals surface area contributed by atoms with E-state index in [9.17, 15) is 4.79 Å². The smallest absolute Gasteiger partial charge is 0.330 e. The van der Waals surface area contributed by atoms with Crippen LogP contribution in [0.15, 0.2) is 24.3 Å². The Hall–Kier alpha value is 0.870. The molecule has 0 atom stereocenters. The molecule has 2 nitrogen and oxygen atoms in total. The zero-order valence-corrected chi connectivity index (χ0v) is 14.8. The fourth-order valence-corrected chi connectivity index (χ4v) is 0.436. The van der Waals surface area contributed by atoms with Gasteiger partial charge < -0.3 is 4.74 Å². The first-order valence-electron chi connectivity index (χ1n) is 3.27. The number of rotatable bonds is 3. The maximum atomic E-state index is 10.6. The van der Waals surface area contributed by atoms with E-state index >= 15 is 0 Å². The van der Waals surface area contributed by atoms with E-state index in [1.165, 1.54) is 6.08 Å². The van der Waals surface area contributed by atoms with E-state index in [0.29, 0.717) is 6.61 Å². The molecule has 0 saturated carbocycles. The normalized spacial score (nSPS) is 7.86. The summed E-state index contributed by atoms with van der Waals surface area (Å²) in [5.74, 6) is -0.291. The Labute approximate surface area is 127 Å². The summed E-state index contributed by atoms with van der Waals surface area (Å²) in [6.45, 7) is 4.09. The van der Waals surface area contributed by atoms with Gasteiger partial charge in [-0.25, -0.2) is 4.79 Å². The lowest BCUT2D eigenvalue weighted by Gasteiger charge is -1.92. The monoisotopic (exact) mass is 460 g/mol. The summed E-state index contributed by atoms with van der Waals surface area (Å²) in [6.07, 6.45) is 6.66. The molecule has 0 N–H and O–H groups in total. The van der Waals surface area contributed by atoms with Crippen molar-refractivity contribution in [2.24, 2.45) is 0 Å². The number of esters is 1. The molecule has 0 aliphatic carbocycles. The van der Waals surface area contributed by atoms with E-state index < -0.39 is 0 Å². The molecule has 0 amide bonds. The van der Waals surface area contributed by atoms with Crippen molar-refractivity contribution in [3.63, 3.8) is 0 Å². The number of hydrogen-bond donors (Lipinski definition) is 0. The first-order chi connectivity index (χ1) is 4.81. The Bertz CT molecular complexity index is 157. The average molecular weight is 464 g/mol. The summed E-state index contributed by atoms with van der Waals surface area (Å²) in [5, 5.41) is 0. The minimum absolute atomic E-state index is 0. The Kier molecular flexibility index (Phi) is 49.5. The van der Waals surface area contributed by atoms with Crippen molar-refractivity contribution in [2.75, 3.05) is 6.61 Å². The highest BCUT2D eigenvalue weighted by Crippen LogP contribution is 1.81. The van der Waals surface area contributed by atoms with Gasteiger partial charge in [-0.15, -0.1) is 67.9 Å². The Morgan fingerprint density at radius 3 is 2.00 bits per heavy atom. The number of halogens is 4. The SMILES string of the molecule is Br.Br.Br.Br.C/C=C/C=C/C(=O)OCC. The Morgan fingerprint density at radius 2 is 1.64 bits per heavy atom. The van der Waals surface area contributed by atoms with Crippen molar-refractivity contribution < 1.29 is 9.53 Å². The third-order valence-electron chi connectivity index (χ3n) is 0.822. The maximum absolute atomic E-state index is 10.6. The van der Waals surface area contributed by atoms with E-state index in [0.717, 1.165) is 0 Å². The number of hydrogen-bond acceptors (Lipinski definition) is 2. The van der Waals surface area contributed by atoms with Gasteiger partial charge in [0.25, 0.3) is 0 Å². The lowest BCUT2D eigenvalue weighted by molar-refractivity contribution is -0.137. The Morgan fingerprint density at radius 1 is 1.14 bits per heavy atom. The van der Waals surface area contributed by atoms with E-state index in [1.807, 2.05) is 13.0 Å². The molecule has 0 radical (unpaired) electrons. The summed E-state index contributed by atoms with van der Waals surface area (Å²) in [7, 11) is 0. The molecule has 0 bridgehead atoms. The second-order valence-electron chi connectivity index (χ2n) is 1.64. The molecule has 0 aromatic heterocycles. The summed E-state index contributed by atoms with van der Waals surface area (Å²) >= 11 is 0. The molecule has 88 valence electrons. The van der Waals surface area contributed by atoms with Crippen LogP contribution in [0.2, 0.25) is 0 Å². The minimum atomic E-state index is -0.291. The minimum Gasteiger partial charge on any atom is -0.463 e. The quantitative estimate of drug-likeness (QED) is 0.359.